The van der Waals surface area contributed by atoms with E-state index in [-0.39, 0.29) is 18.4 Å². The summed E-state index contributed by atoms with van der Waals surface area (Å²) in [6.07, 6.45) is 0.831. The van der Waals surface area contributed by atoms with E-state index < -0.39 is 10.0 Å². The van der Waals surface area contributed by atoms with E-state index in [1.165, 1.54) is 0 Å². The van der Waals surface area contributed by atoms with Crippen LogP contribution >= 0.6 is 12.4 Å². The maximum absolute atomic E-state index is 12.5. The zero-order chi connectivity index (χ0) is 14.9. The molecule has 1 saturated heterocycles. The average Bonchev–Trinajstić information content (AvgIpc) is 2.87. The van der Waals surface area contributed by atoms with E-state index in [0.29, 0.717) is 23.1 Å². The standard InChI is InChI=1S/C13H24N4O2S.ClH/c1-9(2)8-17-11(4)13(10(3)15-17)20(18,19)16-12-5-6-14-7-12;/h9,12,14,16H,5-8H2,1-4H3;1H. The molecule has 1 aliphatic rings. The van der Waals surface area contributed by atoms with Gasteiger partial charge >= 0.3 is 0 Å². The van der Waals surface area contributed by atoms with Gasteiger partial charge in [0.1, 0.15) is 4.90 Å². The number of nitrogens with zero attached hydrogens (tertiary/aromatic N) is 2. The van der Waals surface area contributed by atoms with Crippen LogP contribution in [0.3, 0.4) is 0 Å². The number of nitrogens with one attached hydrogen (secondary N) is 2. The minimum atomic E-state index is -3.49. The molecule has 1 aromatic heterocycles. The van der Waals surface area contributed by atoms with Crippen molar-refractivity contribution in [3.05, 3.63) is 11.4 Å². The summed E-state index contributed by atoms with van der Waals surface area (Å²) < 4.78 is 29.6. The third-order valence-corrected chi connectivity index (χ3v) is 5.28. The van der Waals surface area contributed by atoms with Crippen molar-refractivity contribution in [2.24, 2.45) is 5.92 Å². The van der Waals surface area contributed by atoms with Crippen LogP contribution < -0.4 is 10.0 Å². The lowest BCUT2D eigenvalue weighted by atomic mass is 10.2. The molecule has 0 bridgehead atoms. The van der Waals surface area contributed by atoms with Crippen molar-refractivity contribution in [3.63, 3.8) is 0 Å². The number of hydrogen-bond donors (Lipinski definition) is 2. The number of sulfonamides is 1. The van der Waals surface area contributed by atoms with Crippen molar-refractivity contribution in [1.29, 1.82) is 0 Å². The Labute approximate surface area is 133 Å². The summed E-state index contributed by atoms with van der Waals surface area (Å²) in [6, 6.07) is -0.0211. The zero-order valence-corrected chi connectivity index (χ0v) is 14.6. The van der Waals surface area contributed by atoms with Gasteiger partial charge in [-0.15, -0.1) is 12.4 Å². The van der Waals surface area contributed by atoms with Crippen molar-refractivity contribution in [2.75, 3.05) is 13.1 Å². The van der Waals surface area contributed by atoms with Crippen LogP contribution in [0.5, 0.6) is 0 Å². The summed E-state index contributed by atoms with van der Waals surface area (Å²) in [5.74, 6) is 0.426. The van der Waals surface area contributed by atoms with Crippen LogP contribution in [0.1, 0.15) is 31.7 Å². The molecule has 0 saturated carbocycles. The maximum atomic E-state index is 12.5. The van der Waals surface area contributed by atoms with Crippen molar-refractivity contribution in [2.45, 2.75) is 51.6 Å². The second-order valence-corrected chi connectivity index (χ2v) is 7.54. The third kappa shape index (κ3) is 4.18. The lowest BCUT2D eigenvalue weighted by Crippen LogP contribution is -2.36. The summed E-state index contributed by atoms with van der Waals surface area (Å²) in [4.78, 5) is 0.338. The number of aryl methyl sites for hydroxylation is 1. The second-order valence-electron chi connectivity index (χ2n) is 5.89. The molecule has 0 aromatic carbocycles. The maximum Gasteiger partial charge on any atom is 0.244 e. The van der Waals surface area contributed by atoms with Gasteiger partial charge in [-0.25, -0.2) is 13.1 Å². The Hall–Kier alpha value is -0.630. The smallest absolute Gasteiger partial charge is 0.244 e. The predicted octanol–water partition coefficient (Wildman–Crippen LogP) is 1.22. The summed E-state index contributed by atoms with van der Waals surface area (Å²) in [6.45, 7) is 10.0. The summed E-state index contributed by atoms with van der Waals surface area (Å²) in [5, 5.41) is 7.53. The molecule has 1 aromatic rings. The Balaban J connectivity index is 0.00000220. The first-order valence-electron chi connectivity index (χ1n) is 7.08. The first-order valence-corrected chi connectivity index (χ1v) is 8.56. The normalized spacial score (nSPS) is 19.0. The third-order valence-electron chi connectivity index (χ3n) is 3.50. The molecule has 1 aliphatic heterocycles. The lowest BCUT2D eigenvalue weighted by Gasteiger charge is -2.12. The molecule has 122 valence electrons. The molecule has 2 rings (SSSR count). The van der Waals surface area contributed by atoms with E-state index in [0.717, 1.165) is 25.2 Å². The number of halogens is 1. The molecule has 0 radical (unpaired) electrons. The molecule has 6 nitrogen and oxygen atoms in total. The zero-order valence-electron chi connectivity index (χ0n) is 13.0. The summed E-state index contributed by atoms with van der Waals surface area (Å²) >= 11 is 0. The van der Waals surface area contributed by atoms with Crippen LogP contribution in [-0.2, 0) is 16.6 Å². The Morgan fingerprint density at radius 3 is 2.62 bits per heavy atom. The van der Waals surface area contributed by atoms with Gasteiger partial charge in [0, 0.05) is 19.1 Å². The predicted molar refractivity (Wildman–Crippen MR) is 85.4 cm³/mol. The molecule has 21 heavy (non-hydrogen) atoms. The van der Waals surface area contributed by atoms with Crippen molar-refractivity contribution in [3.8, 4) is 0 Å². The fraction of sp³-hybridized carbons (Fsp3) is 0.769. The van der Waals surface area contributed by atoms with Crippen LogP contribution in [0.25, 0.3) is 0 Å². The van der Waals surface area contributed by atoms with Gasteiger partial charge in [-0.2, -0.15) is 5.10 Å². The summed E-state index contributed by atoms with van der Waals surface area (Å²) in [7, 11) is -3.49. The Bertz CT molecular complexity index is 577. The highest BCUT2D eigenvalue weighted by molar-refractivity contribution is 7.89. The topological polar surface area (TPSA) is 76.0 Å². The minimum absolute atomic E-state index is 0. The van der Waals surface area contributed by atoms with E-state index in [2.05, 4.69) is 29.0 Å². The van der Waals surface area contributed by atoms with Gasteiger partial charge in [-0.3, -0.25) is 4.68 Å². The molecule has 0 amide bonds. The quantitative estimate of drug-likeness (QED) is 0.847. The van der Waals surface area contributed by atoms with Gasteiger partial charge in [-0.1, -0.05) is 13.8 Å². The van der Waals surface area contributed by atoms with Gasteiger partial charge in [0.15, 0.2) is 0 Å². The van der Waals surface area contributed by atoms with Crippen LogP contribution in [0, 0.1) is 19.8 Å². The number of hydrogen-bond acceptors (Lipinski definition) is 4. The van der Waals surface area contributed by atoms with E-state index in [1.807, 2.05) is 6.92 Å². The fourth-order valence-electron chi connectivity index (χ4n) is 2.63. The van der Waals surface area contributed by atoms with Crippen molar-refractivity contribution >= 4 is 22.4 Å². The fourth-order valence-corrected chi connectivity index (χ4v) is 4.31. The SMILES string of the molecule is Cc1nn(CC(C)C)c(C)c1S(=O)(=O)NC1CCNC1.Cl. The van der Waals surface area contributed by atoms with E-state index in [9.17, 15) is 8.42 Å². The average molecular weight is 337 g/mol. The van der Waals surface area contributed by atoms with Crippen molar-refractivity contribution < 1.29 is 8.42 Å². The molecular weight excluding hydrogens is 312 g/mol. The van der Waals surface area contributed by atoms with Crippen LogP contribution in [-0.4, -0.2) is 37.3 Å². The van der Waals surface area contributed by atoms with Gasteiger partial charge < -0.3 is 5.32 Å². The van der Waals surface area contributed by atoms with Gasteiger partial charge in [0.2, 0.25) is 10.0 Å². The van der Waals surface area contributed by atoms with Crippen LogP contribution in [0.15, 0.2) is 4.90 Å². The van der Waals surface area contributed by atoms with E-state index in [1.54, 1.807) is 11.6 Å². The largest absolute Gasteiger partial charge is 0.315 e. The van der Waals surface area contributed by atoms with E-state index in [4.69, 9.17) is 0 Å². The molecule has 8 heteroatoms. The molecule has 2 N–H and O–H groups in total. The highest BCUT2D eigenvalue weighted by Gasteiger charge is 2.28. The van der Waals surface area contributed by atoms with Crippen molar-refractivity contribution in [1.82, 2.24) is 19.8 Å². The van der Waals surface area contributed by atoms with Gasteiger partial charge in [0.25, 0.3) is 0 Å². The molecular formula is C13H25ClN4O2S. The highest BCUT2D eigenvalue weighted by Crippen LogP contribution is 2.21. The highest BCUT2D eigenvalue weighted by atomic mass is 35.5. The lowest BCUT2D eigenvalue weighted by molar-refractivity contribution is 0.471. The van der Waals surface area contributed by atoms with E-state index >= 15 is 0 Å². The summed E-state index contributed by atoms with van der Waals surface area (Å²) in [5.41, 5.74) is 1.29. The van der Waals surface area contributed by atoms with Gasteiger partial charge in [0.05, 0.1) is 11.4 Å². The Morgan fingerprint density at radius 1 is 1.43 bits per heavy atom. The Kier molecular flexibility index (Phi) is 6.22. The molecule has 1 fully saturated rings. The van der Waals surface area contributed by atoms with Crippen LogP contribution in [0.2, 0.25) is 0 Å². The molecule has 0 spiro atoms. The first-order chi connectivity index (χ1) is 9.31. The first kappa shape index (κ1) is 18.4. The second kappa shape index (κ2) is 7.09. The van der Waals surface area contributed by atoms with Gasteiger partial charge in [-0.05, 0) is 32.7 Å². The molecule has 2 heterocycles. The molecule has 1 atom stereocenters. The minimum Gasteiger partial charge on any atom is -0.315 e. The Morgan fingerprint density at radius 2 is 2.10 bits per heavy atom. The molecule has 1 unspecified atom stereocenters. The number of aromatic nitrogens is 2. The number of rotatable bonds is 5. The van der Waals surface area contributed by atoms with Crippen LogP contribution in [0.4, 0.5) is 0 Å². The monoisotopic (exact) mass is 336 g/mol. The molecule has 0 aliphatic carbocycles.